The van der Waals surface area contributed by atoms with E-state index in [0.29, 0.717) is 12.5 Å². The summed E-state index contributed by atoms with van der Waals surface area (Å²) in [6.45, 7) is 2.82. The summed E-state index contributed by atoms with van der Waals surface area (Å²) in [6.07, 6.45) is 0. The fourth-order valence-corrected chi connectivity index (χ4v) is 2.78. The van der Waals surface area contributed by atoms with Crippen LogP contribution in [-0.2, 0) is 5.75 Å². The van der Waals surface area contributed by atoms with Crippen molar-refractivity contribution in [1.29, 1.82) is 0 Å². The molecule has 0 fully saturated rings. The Morgan fingerprint density at radius 3 is 2.93 bits per heavy atom. The van der Waals surface area contributed by atoms with Gasteiger partial charge in [-0.25, -0.2) is 4.39 Å². The van der Waals surface area contributed by atoms with E-state index in [4.69, 9.17) is 5.73 Å². The van der Waals surface area contributed by atoms with Gasteiger partial charge in [-0.05, 0) is 42.0 Å². The molecular weight excluding hydrogens is 277 g/mol. The molecule has 0 aliphatic rings. The summed E-state index contributed by atoms with van der Waals surface area (Å²) >= 11 is 5.20. The third-order valence-electron chi connectivity index (χ3n) is 2.07. The fourth-order valence-electron chi connectivity index (χ4n) is 1.09. The maximum Gasteiger partial charge on any atom is 0.123 e. The molecule has 15 heavy (non-hydrogen) atoms. The van der Waals surface area contributed by atoms with Crippen LogP contribution in [0.25, 0.3) is 0 Å². The van der Waals surface area contributed by atoms with Crippen molar-refractivity contribution in [3.05, 3.63) is 34.1 Å². The number of rotatable bonds is 5. The standard InChI is InChI=1S/C11H15BrFNS/c1-8(5-14)6-15-7-9-4-10(13)2-3-11(9)12/h2-4,8H,5-7,14H2,1H3. The Bertz CT molecular complexity index is 319. The van der Waals surface area contributed by atoms with Crippen LogP contribution in [0, 0.1) is 11.7 Å². The Hall–Kier alpha value is -0.0600. The Balaban J connectivity index is 2.46. The molecule has 0 aromatic heterocycles. The number of thioether (sulfide) groups is 1. The van der Waals surface area contributed by atoms with Crippen LogP contribution >= 0.6 is 27.7 Å². The summed E-state index contributed by atoms with van der Waals surface area (Å²) in [5.74, 6) is 2.17. The van der Waals surface area contributed by atoms with Crippen LogP contribution < -0.4 is 5.73 Å². The molecule has 0 saturated carbocycles. The highest BCUT2D eigenvalue weighted by Crippen LogP contribution is 2.23. The number of benzene rings is 1. The van der Waals surface area contributed by atoms with Gasteiger partial charge in [-0.1, -0.05) is 22.9 Å². The van der Waals surface area contributed by atoms with Crippen LogP contribution in [0.3, 0.4) is 0 Å². The SMILES string of the molecule is CC(CN)CSCc1cc(F)ccc1Br. The first-order valence-corrected chi connectivity index (χ1v) is 6.80. The number of halogens is 2. The van der Waals surface area contributed by atoms with Gasteiger partial charge in [0, 0.05) is 10.2 Å². The van der Waals surface area contributed by atoms with E-state index in [0.717, 1.165) is 21.5 Å². The highest BCUT2D eigenvalue weighted by Gasteiger charge is 2.04. The molecule has 1 aromatic rings. The maximum atomic E-state index is 12.9. The van der Waals surface area contributed by atoms with Crippen molar-refractivity contribution >= 4 is 27.7 Å². The van der Waals surface area contributed by atoms with Crippen molar-refractivity contribution in [3.8, 4) is 0 Å². The molecule has 0 amide bonds. The van der Waals surface area contributed by atoms with Gasteiger partial charge in [0.2, 0.25) is 0 Å². The largest absolute Gasteiger partial charge is 0.330 e. The van der Waals surface area contributed by atoms with Gasteiger partial charge >= 0.3 is 0 Å². The van der Waals surface area contributed by atoms with Gasteiger partial charge in [0.05, 0.1) is 0 Å². The summed E-state index contributed by atoms with van der Waals surface area (Å²) in [4.78, 5) is 0. The van der Waals surface area contributed by atoms with Gasteiger partial charge in [0.1, 0.15) is 5.82 Å². The summed E-state index contributed by atoms with van der Waals surface area (Å²) in [7, 11) is 0. The fraction of sp³-hybridized carbons (Fsp3) is 0.455. The second kappa shape index (κ2) is 6.51. The first kappa shape index (κ1) is 13.0. The lowest BCUT2D eigenvalue weighted by atomic mass is 10.2. The van der Waals surface area contributed by atoms with E-state index in [1.807, 2.05) is 0 Å². The molecule has 0 heterocycles. The molecule has 0 aliphatic heterocycles. The van der Waals surface area contributed by atoms with Crippen molar-refractivity contribution < 1.29 is 4.39 Å². The predicted molar refractivity (Wildman–Crippen MR) is 68.5 cm³/mol. The third-order valence-corrected chi connectivity index (χ3v) is 4.16. The number of hydrogen-bond donors (Lipinski definition) is 1. The van der Waals surface area contributed by atoms with Gasteiger partial charge in [-0.15, -0.1) is 0 Å². The topological polar surface area (TPSA) is 26.0 Å². The number of nitrogens with two attached hydrogens (primary N) is 1. The summed E-state index contributed by atoms with van der Waals surface area (Å²) < 4.78 is 13.9. The Labute approximate surface area is 103 Å². The lowest BCUT2D eigenvalue weighted by Gasteiger charge is -2.08. The molecular formula is C11H15BrFNS. The van der Waals surface area contributed by atoms with Gasteiger partial charge in [0.15, 0.2) is 0 Å². The van der Waals surface area contributed by atoms with Crippen LogP contribution in [0.15, 0.2) is 22.7 Å². The average Bonchev–Trinajstić information content (AvgIpc) is 2.23. The Morgan fingerprint density at radius 1 is 1.53 bits per heavy atom. The first-order valence-electron chi connectivity index (χ1n) is 4.85. The lowest BCUT2D eigenvalue weighted by Crippen LogP contribution is -2.12. The molecule has 1 aromatic carbocycles. The highest BCUT2D eigenvalue weighted by molar-refractivity contribution is 9.10. The Kier molecular flexibility index (Phi) is 5.64. The van der Waals surface area contributed by atoms with E-state index in [9.17, 15) is 4.39 Å². The van der Waals surface area contributed by atoms with Gasteiger partial charge in [-0.2, -0.15) is 11.8 Å². The second-order valence-corrected chi connectivity index (χ2v) is 5.48. The minimum Gasteiger partial charge on any atom is -0.330 e. The summed E-state index contributed by atoms with van der Waals surface area (Å²) in [6, 6.07) is 4.78. The molecule has 84 valence electrons. The molecule has 0 bridgehead atoms. The zero-order valence-electron chi connectivity index (χ0n) is 8.67. The van der Waals surface area contributed by atoms with Crippen LogP contribution in [-0.4, -0.2) is 12.3 Å². The van der Waals surface area contributed by atoms with E-state index in [2.05, 4.69) is 22.9 Å². The summed E-state index contributed by atoms with van der Waals surface area (Å²) in [5.41, 5.74) is 6.53. The molecule has 1 atom stereocenters. The highest BCUT2D eigenvalue weighted by atomic mass is 79.9. The predicted octanol–water partition coefficient (Wildman–Crippen LogP) is 3.42. The third kappa shape index (κ3) is 4.53. The normalized spacial score (nSPS) is 12.8. The number of hydrogen-bond acceptors (Lipinski definition) is 2. The first-order chi connectivity index (χ1) is 7.13. The smallest absolute Gasteiger partial charge is 0.123 e. The molecule has 1 rings (SSSR count). The van der Waals surface area contributed by atoms with Crippen LogP contribution in [0.4, 0.5) is 4.39 Å². The summed E-state index contributed by atoms with van der Waals surface area (Å²) in [5, 5.41) is 0. The van der Waals surface area contributed by atoms with Gasteiger partial charge in [-0.3, -0.25) is 0 Å². The minimum absolute atomic E-state index is 0.180. The monoisotopic (exact) mass is 291 g/mol. The van der Waals surface area contributed by atoms with Crippen LogP contribution in [0.5, 0.6) is 0 Å². The molecule has 1 nitrogen and oxygen atoms in total. The van der Waals surface area contributed by atoms with Crippen molar-refractivity contribution in [3.63, 3.8) is 0 Å². The van der Waals surface area contributed by atoms with Gasteiger partial charge in [0.25, 0.3) is 0 Å². The van der Waals surface area contributed by atoms with Crippen molar-refractivity contribution in [2.24, 2.45) is 11.7 Å². The molecule has 0 radical (unpaired) electrons. The zero-order valence-corrected chi connectivity index (χ0v) is 11.1. The minimum atomic E-state index is -0.180. The average molecular weight is 292 g/mol. The second-order valence-electron chi connectivity index (χ2n) is 3.59. The molecule has 0 saturated heterocycles. The van der Waals surface area contributed by atoms with Gasteiger partial charge < -0.3 is 5.73 Å². The lowest BCUT2D eigenvalue weighted by molar-refractivity contribution is 0.626. The molecule has 4 heteroatoms. The van der Waals surface area contributed by atoms with Crippen molar-refractivity contribution in [2.45, 2.75) is 12.7 Å². The van der Waals surface area contributed by atoms with Crippen LogP contribution in [0.2, 0.25) is 0 Å². The van der Waals surface area contributed by atoms with Crippen molar-refractivity contribution in [2.75, 3.05) is 12.3 Å². The van der Waals surface area contributed by atoms with Crippen LogP contribution in [0.1, 0.15) is 12.5 Å². The van der Waals surface area contributed by atoms with E-state index < -0.39 is 0 Å². The molecule has 0 aliphatic carbocycles. The van der Waals surface area contributed by atoms with E-state index in [-0.39, 0.29) is 5.82 Å². The van der Waals surface area contributed by atoms with E-state index >= 15 is 0 Å². The molecule has 0 spiro atoms. The Morgan fingerprint density at radius 2 is 2.27 bits per heavy atom. The van der Waals surface area contributed by atoms with E-state index in [1.165, 1.54) is 6.07 Å². The molecule has 2 N–H and O–H groups in total. The zero-order chi connectivity index (χ0) is 11.3. The molecule has 1 unspecified atom stereocenters. The van der Waals surface area contributed by atoms with E-state index in [1.54, 1.807) is 23.9 Å². The quantitative estimate of drug-likeness (QED) is 0.900. The van der Waals surface area contributed by atoms with Crippen molar-refractivity contribution in [1.82, 2.24) is 0 Å². The maximum absolute atomic E-state index is 12.9.